The molecule has 2 amide bonds. The number of nitrogens with zero attached hydrogens (tertiary/aromatic N) is 1. The molecule has 1 saturated heterocycles. The molecule has 0 N–H and O–H groups in total. The van der Waals surface area contributed by atoms with Crippen molar-refractivity contribution in [2.45, 2.75) is 13.5 Å². The monoisotopic (exact) mass is 447 g/mol. The molecule has 3 aromatic carbocycles. The van der Waals surface area contributed by atoms with E-state index in [9.17, 15) is 14.4 Å². The molecule has 1 aliphatic heterocycles. The minimum Gasteiger partial charge on any atom is -0.488 e. The third-order valence-corrected chi connectivity index (χ3v) is 5.84. The summed E-state index contributed by atoms with van der Waals surface area (Å²) in [5.41, 5.74) is 1.72. The van der Waals surface area contributed by atoms with E-state index in [1.165, 1.54) is 0 Å². The van der Waals surface area contributed by atoms with Gasteiger partial charge in [-0.15, -0.1) is 0 Å². The van der Waals surface area contributed by atoms with Gasteiger partial charge in [0, 0.05) is 5.56 Å². The number of hydrogen-bond donors (Lipinski definition) is 0. The molecule has 6 nitrogen and oxygen atoms in total. The second kappa shape index (κ2) is 9.70. The van der Waals surface area contributed by atoms with Gasteiger partial charge in [0.05, 0.1) is 11.5 Å². The Morgan fingerprint density at radius 2 is 1.75 bits per heavy atom. The molecule has 3 aromatic rings. The van der Waals surface area contributed by atoms with Crippen molar-refractivity contribution in [1.82, 2.24) is 4.90 Å². The zero-order valence-corrected chi connectivity index (χ0v) is 18.3. The number of hydrogen-bond acceptors (Lipinski definition) is 6. The van der Waals surface area contributed by atoms with Crippen molar-refractivity contribution < 1.29 is 23.9 Å². The van der Waals surface area contributed by atoms with E-state index in [4.69, 9.17) is 9.47 Å². The molecule has 0 saturated carbocycles. The molecular weight excluding hydrogens is 426 g/mol. The maximum Gasteiger partial charge on any atom is 0.326 e. The Bertz CT molecular complexity index is 1210. The van der Waals surface area contributed by atoms with E-state index in [1.807, 2.05) is 48.5 Å². The van der Waals surface area contributed by atoms with Crippen molar-refractivity contribution >= 4 is 45.7 Å². The number of carbonyl (C=O) groups excluding carboxylic acids is 3. The highest BCUT2D eigenvalue weighted by atomic mass is 32.2. The van der Waals surface area contributed by atoms with Crippen molar-refractivity contribution in [3.05, 3.63) is 82.8 Å². The molecule has 0 bridgehead atoms. The van der Waals surface area contributed by atoms with E-state index in [-0.39, 0.29) is 11.5 Å². The summed E-state index contributed by atoms with van der Waals surface area (Å²) in [4.78, 5) is 37.7. The van der Waals surface area contributed by atoms with Crippen LogP contribution < -0.4 is 4.74 Å². The first-order valence-corrected chi connectivity index (χ1v) is 11.0. The van der Waals surface area contributed by atoms with Crippen LogP contribution in [0.5, 0.6) is 5.75 Å². The molecule has 0 unspecified atom stereocenters. The summed E-state index contributed by atoms with van der Waals surface area (Å²) in [5.74, 6) is -0.538. The largest absolute Gasteiger partial charge is 0.488 e. The molecule has 32 heavy (non-hydrogen) atoms. The SMILES string of the molecule is CCOC(=O)CN1C(=O)S/C(=C\c2ccccc2OCc2cccc3ccccc23)C1=O. The van der Waals surface area contributed by atoms with Crippen LogP contribution in [0, 0.1) is 0 Å². The summed E-state index contributed by atoms with van der Waals surface area (Å²) in [6.07, 6.45) is 1.62. The lowest BCUT2D eigenvalue weighted by molar-refractivity contribution is -0.145. The van der Waals surface area contributed by atoms with Crippen molar-refractivity contribution in [2.75, 3.05) is 13.2 Å². The van der Waals surface area contributed by atoms with Gasteiger partial charge in [0.2, 0.25) is 0 Å². The number of fused-ring (bicyclic) bond motifs is 1. The molecule has 0 aliphatic carbocycles. The quantitative estimate of drug-likeness (QED) is 0.374. The fourth-order valence-corrected chi connectivity index (χ4v) is 4.25. The van der Waals surface area contributed by atoms with Crippen molar-refractivity contribution in [2.24, 2.45) is 0 Å². The van der Waals surface area contributed by atoms with Crippen molar-refractivity contribution in [3.63, 3.8) is 0 Å². The first-order valence-electron chi connectivity index (χ1n) is 10.2. The summed E-state index contributed by atoms with van der Waals surface area (Å²) >= 11 is 0.797. The molecule has 7 heteroatoms. The smallest absolute Gasteiger partial charge is 0.326 e. The minimum absolute atomic E-state index is 0.187. The molecule has 1 aliphatic rings. The fourth-order valence-electron chi connectivity index (χ4n) is 3.42. The lowest BCUT2D eigenvalue weighted by Gasteiger charge is -2.12. The summed E-state index contributed by atoms with van der Waals surface area (Å²) in [7, 11) is 0. The molecule has 4 rings (SSSR count). The van der Waals surface area contributed by atoms with E-state index >= 15 is 0 Å². The number of rotatable bonds is 7. The molecular formula is C25H21NO5S. The Morgan fingerprint density at radius 1 is 1.00 bits per heavy atom. The summed E-state index contributed by atoms with van der Waals surface area (Å²) in [5, 5.41) is 1.76. The Morgan fingerprint density at radius 3 is 2.59 bits per heavy atom. The molecule has 0 atom stereocenters. The third-order valence-electron chi connectivity index (χ3n) is 4.93. The molecule has 1 heterocycles. The van der Waals surface area contributed by atoms with Gasteiger partial charge < -0.3 is 9.47 Å². The molecule has 0 spiro atoms. The summed E-state index contributed by atoms with van der Waals surface area (Å²) in [6, 6.07) is 21.5. The summed E-state index contributed by atoms with van der Waals surface area (Å²) in [6.45, 7) is 1.82. The average Bonchev–Trinajstić information content (AvgIpc) is 3.06. The minimum atomic E-state index is -0.616. The zero-order valence-electron chi connectivity index (χ0n) is 17.4. The average molecular weight is 448 g/mol. The van der Waals surface area contributed by atoms with E-state index in [0.29, 0.717) is 17.9 Å². The topological polar surface area (TPSA) is 72.9 Å². The first-order chi connectivity index (χ1) is 15.6. The van der Waals surface area contributed by atoms with Gasteiger partial charge >= 0.3 is 5.97 Å². The molecule has 162 valence electrons. The number of esters is 1. The number of para-hydroxylation sites is 1. The maximum atomic E-state index is 12.7. The highest BCUT2D eigenvalue weighted by Gasteiger charge is 2.36. The highest BCUT2D eigenvalue weighted by molar-refractivity contribution is 8.18. The normalized spacial score (nSPS) is 14.9. The van der Waals surface area contributed by atoms with Gasteiger partial charge in [0.15, 0.2) is 0 Å². The van der Waals surface area contributed by atoms with Crippen LogP contribution in [0.15, 0.2) is 71.6 Å². The standard InChI is InChI=1S/C25H21NO5S/c1-2-30-23(27)15-26-24(28)22(32-25(26)29)14-18-9-4-6-13-21(18)31-16-19-11-7-10-17-8-3-5-12-20(17)19/h3-14H,2,15-16H2,1H3/b22-14-. The Kier molecular flexibility index (Phi) is 6.56. The number of carbonyl (C=O) groups is 3. The second-order valence-electron chi connectivity index (χ2n) is 7.04. The van der Waals surface area contributed by atoms with Crippen LogP contribution in [0.1, 0.15) is 18.1 Å². The van der Waals surface area contributed by atoms with E-state index in [1.54, 1.807) is 13.0 Å². The number of thioether (sulfide) groups is 1. The van der Waals surface area contributed by atoms with Crippen LogP contribution in [-0.4, -0.2) is 35.2 Å². The van der Waals surface area contributed by atoms with E-state index in [2.05, 4.69) is 18.2 Å². The molecule has 0 radical (unpaired) electrons. The third kappa shape index (κ3) is 4.68. The molecule has 0 aromatic heterocycles. The predicted octanol–water partition coefficient (Wildman–Crippen LogP) is 5.02. The first kappa shape index (κ1) is 21.6. The van der Waals surface area contributed by atoms with Gasteiger partial charge in [-0.3, -0.25) is 19.3 Å². The van der Waals surface area contributed by atoms with E-state index < -0.39 is 23.7 Å². The van der Waals surface area contributed by atoms with Crippen LogP contribution in [-0.2, 0) is 20.9 Å². The van der Waals surface area contributed by atoms with Crippen LogP contribution in [0.4, 0.5) is 4.79 Å². The number of benzene rings is 3. The summed E-state index contributed by atoms with van der Waals surface area (Å²) < 4.78 is 10.9. The van der Waals surface area contributed by atoms with Crippen LogP contribution in [0.2, 0.25) is 0 Å². The Balaban J connectivity index is 1.53. The second-order valence-corrected chi connectivity index (χ2v) is 8.03. The van der Waals surface area contributed by atoms with Gasteiger partial charge in [-0.25, -0.2) is 0 Å². The Hall–Kier alpha value is -3.58. The van der Waals surface area contributed by atoms with Gasteiger partial charge in [-0.2, -0.15) is 0 Å². The van der Waals surface area contributed by atoms with Gasteiger partial charge in [-0.1, -0.05) is 60.7 Å². The number of imide groups is 1. The lowest BCUT2D eigenvalue weighted by Crippen LogP contribution is -2.34. The van der Waals surface area contributed by atoms with Gasteiger partial charge in [-0.05, 0) is 47.2 Å². The van der Waals surface area contributed by atoms with Crippen LogP contribution >= 0.6 is 11.8 Å². The van der Waals surface area contributed by atoms with Gasteiger partial charge in [0.1, 0.15) is 18.9 Å². The van der Waals surface area contributed by atoms with Crippen LogP contribution in [0.3, 0.4) is 0 Å². The van der Waals surface area contributed by atoms with Crippen molar-refractivity contribution in [3.8, 4) is 5.75 Å². The molecule has 1 fully saturated rings. The van der Waals surface area contributed by atoms with Crippen LogP contribution in [0.25, 0.3) is 16.8 Å². The Labute approximate surface area is 189 Å². The fraction of sp³-hybridized carbons (Fsp3) is 0.160. The predicted molar refractivity (Wildman–Crippen MR) is 124 cm³/mol. The highest BCUT2D eigenvalue weighted by Crippen LogP contribution is 2.34. The zero-order chi connectivity index (χ0) is 22.5. The van der Waals surface area contributed by atoms with E-state index in [0.717, 1.165) is 33.0 Å². The number of amides is 2. The van der Waals surface area contributed by atoms with Gasteiger partial charge in [0.25, 0.3) is 11.1 Å². The van der Waals surface area contributed by atoms with Crippen molar-refractivity contribution in [1.29, 1.82) is 0 Å². The maximum absolute atomic E-state index is 12.7. The number of ether oxygens (including phenoxy) is 2. The lowest BCUT2D eigenvalue weighted by atomic mass is 10.1.